The van der Waals surface area contributed by atoms with Crippen molar-refractivity contribution in [2.24, 2.45) is 4.99 Å². The number of nitrogens with zero attached hydrogens (tertiary/aromatic N) is 3. The van der Waals surface area contributed by atoms with Crippen molar-refractivity contribution in [1.29, 1.82) is 0 Å². The molecule has 4 nitrogen and oxygen atoms in total. The molecule has 0 fully saturated rings. The van der Waals surface area contributed by atoms with Gasteiger partial charge in [-0.3, -0.25) is 0 Å². The number of aromatic nitrogens is 1. The summed E-state index contributed by atoms with van der Waals surface area (Å²) in [6.07, 6.45) is 1.78. The van der Waals surface area contributed by atoms with Crippen molar-refractivity contribution in [3.8, 4) is 10.8 Å². The van der Waals surface area contributed by atoms with Crippen LogP contribution in [0.1, 0.15) is 39.0 Å². The Balaban J connectivity index is 2.22. The van der Waals surface area contributed by atoms with Crippen LogP contribution in [0.3, 0.4) is 0 Å². The third-order valence-corrected chi connectivity index (χ3v) is 4.58. The van der Waals surface area contributed by atoms with Gasteiger partial charge in [-0.2, -0.15) is 4.37 Å². The Kier molecular flexibility index (Phi) is 5.88. The predicted molar refractivity (Wildman–Crippen MR) is 104 cm³/mol. The average Bonchev–Trinajstić information content (AvgIpc) is 2.97. The molecule has 0 aliphatic rings. The smallest absolute Gasteiger partial charge is 0.200 e. The Labute approximate surface area is 153 Å². The highest BCUT2D eigenvalue weighted by Gasteiger charge is 2.18. The van der Waals surface area contributed by atoms with Gasteiger partial charge in [-0.1, -0.05) is 32.4 Å². The molecule has 0 saturated heterocycles. The second-order valence-corrected chi connectivity index (χ2v) is 7.94. The van der Waals surface area contributed by atoms with Crippen LogP contribution in [0, 0.1) is 6.92 Å². The van der Waals surface area contributed by atoms with Crippen molar-refractivity contribution < 1.29 is 4.74 Å². The van der Waals surface area contributed by atoms with E-state index in [9.17, 15) is 0 Å². The topological polar surface area (TPSA) is 37.7 Å². The highest BCUT2D eigenvalue weighted by Crippen LogP contribution is 2.37. The number of halogens is 1. The first-order chi connectivity index (χ1) is 11.2. The van der Waals surface area contributed by atoms with Crippen LogP contribution < -0.4 is 4.74 Å². The Morgan fingerprint density at radius 1 is 1.33 bits per heavy atom. The summed E-state index contributed by atoms with van der Waals surface area (Å²) in [6, 6.07) is 5.73. The van der Waals surface area contributed by atoms with E-state index in [1.54, 1.807) is 6.34 Å². The Hall–Kier alpha value is -1.59. The zero-order chi connectivity index (χ0) is 17.9. The zero-order valence-electron chi connectivity index (χ0n) is 15.1. The predicted octanol–water partition coefficient (Wildman–Crippen LogP) is 5.81. The third kappa shape index (κ3) is 4.71. The maximum atomic E-state index is 6.35. The lowest BCUT2D eigenvalue weighted by Gasteiger charge is -2.14. The number of benzene rings is 1. The molecule has 0 atom stereocenters. The fourth-order valence-electron chi connectivity index (χ4n) is 1.87. The fourth-order valence-corrected chi connectivity index (χ4v) is 2.88. The van der Waals surface area contributed by atoms with Crippen molar-refractivity contribution in [2.45, 2.75) is 40.0 Å². The number of aryl methyl sites for hydroxylation is 1. The maximum Gasteiger partial charge on any atom is 0.200 e. The van der Waals surface area contributed by atoms with Gasteiger partial charge in [0.2, 0.25) is 0 Å². The first-order valence-corrected chi connectivity index (χ1v) is 9.05. The zero-order valence-corrected chi connectivity index (χ0v) is 16.6. The van der Waals surface area contributed by atoms with Crippen LogP contribution in [-0.2, 0) is 5.41 Å². The molecule has 1 aromatic heterocycles. The summed E-state index contributed by atoms with van der Waals surface area (Å²) >= 11 is 7.70. The van der Waals surface area contributed by atoms with Gasteiger partial charge in [-0.25, -0.2) is 4.99 Å². The highest BCUT2D eigenvalue weighted by molar-refractivity contribution is 7.07. The summed E-state index contributed by atoms with van der Waals surface area (Å²) in [4.78, 5) is 6.41. The van der Waals surface area contributed by atoms with E-state index < -0.39 is 0 Å². The minimum absolute atomic E-state index is 0.00861. The van der Waals surface area contributed by atoms with Crippen LogP contribution in [-0.4, -0.2) is 29.2 Å². The molecule has 0 spiro atoms. The number of rotatable bonds is 5. The minimum atomic E-state index is 0.00861. The number of ether oxygens (including phenoxy) is 1. The molecule has 0 aliphatic heterocycles. The van der Waals surface area contributed by atoms with Crippen LogP contribution in [0.2, 0.25) is 5.02 Å². The Morgan fingerprint density at radius 2 is 2.04 bits per heavy atom. The van der Waals surface area contributed by atoms with Crippen molar-refractivity contribution in [2.75, 3.05) is 13.6 Å². The molecule has 24 heavy (non-hydrogen) atoms. The second kappa shape index (κ2) is 7.53. The average molecular weight is 366 g/mol. The molecular formula is C18H24ClN3OS. The van der Waals surface area contributed by atoms with Crippen LogP contribution in [0.4, 0.5) is 5.69 Å². The van der Waals surface area contributed by atoms with Gasteiger partial charge in [-0.15, -0.1) is 0 Å². The van der Waals surface area contributed by atoms with E-state index in [1.165, 1.54) is 11.5 Å². The summed E-state index contributed by atoms with van der Waals surface area (Å²) in [5, 5.41) is 1.33. The van der Waals surface area contributed by atoms with Crippen LogP contribution in [0.15, 0.2) is 23.2 Å². The first kappa shape index (κ1) is 18.7. The molecule has 0 amide bonds. The van der Waals surface area contributed by atoms with Gasteiger partial charge in [0.15, 0.2) is 5.06 Å². The molecule has 2 rings (SSSR count). The molecule has 6 heteroatoms. The molecular weight excluding hydrogens is 342 g/mol. The van der Waals surface area contributed by atoms with Crippen LogP contribution >= 0.6 is 23.1 Å². The molecule has 0 bridgehead atoms. The van der Waals surface area contributed by atoms with E-state index in [0.717, 1.165) is 34.3 Å². The van der Waals surface area contributed by atoms with Gasteiger partial charge in [0.1, 0.15) is 5.75 Å². The lowest BCUT2D eigenvalue weighted by molar-refractivity contribution is 0.490. The maximum absolute atomic E-state index is 6.35. The molecule has 1 heterocycles. The SMILES string of the molecule is CCN(C)/C=N\c1cc(C)c(Oc2cc(C(C)(C)C)ns2)cc1Cl. The number of hydrogen-bond donors (Lipinski definition) is 0. The summed E-state index contributed by atoms with van der Waals surface area (Å²) in [5.41, 5.74) is 2.75. The molecule has 0 N–H and O–H groups in total. The van der Waals surface area contributed by atoms with Crippen molar-refractivity contribution in [3.05, 3.63) is 34.5 Å². The van der Waals surface area contributed by atoms with Crippen molar-refractivity contribution in [1.82, 2.24) is 9.27 Å². The van der Waals surface area contributed by atoms with E-state index >= 15 is 0 Å². The largest absolute Gasteiger partial charge is 0.445 e. The molecule has 2 aromatic rings. The molecule has 130 valence electrons. The van der Waals surface area contributed by atoms with E-state index in [1.807, 2.05) is 37.1 Å². The Morgan fingerprint density at radius 3 is 2.62 bits per heavy atom. The van der Waals surface area contributed by atoms with Crippen LogP contribution in [0.25, 0.3) is 0 Å². The van der Waals surface area contributed by atoms with E-state index in [0.29, 0.717) is 5.02 Å². The molecule has 0 unspecified atom stereocenters. The van der Waals surface area contributed by atoms with E-state index in [-0.39, 0.29) is 5.41 Å². The van der Waals surface area contributed by atoms with Crippen molar-refractivity contribution in [3.63, 3.8) is 0 Å². The molecule has 0 aliphatic carbocycles. The molecule has 1 aromatic carbocycles. The summed E-state index contributed by atoms with van der Waals surface area (Å²) in [5.74, 6) is 0.729. The highest BCUT2D eigenvalue weighted by atomic mass is 35.5. The van der Waals surface area contributed by atoms with Crippen LogP contribution in [0.5, 0.6) is 10.8 Å². The molecule has 0 radical (unpaired) electrons. The van der Waals surface area contributed by atoms with Gasteiger partial charge >= 0.3 is 0 Å². The quantitative estimate of drug-likeness (QED) is 0.496. The monoisotopic (exact) mass is 365 g/mol. The van der Waals surface area contributed by atoms with Gasteiger partial charge in [0, 0.05) is 42.7 Å². The standard InChI is InChI=1S/C18H24ClN3OS/c1-7-22(6)11-20-14-8-12(2)15(9-13(14)19)23-17-10-16(21-24-17)18(3,4)5/h8-11H,7H2,1-6H3/b20-11-. The van der Waals surface area contributed by atoms with E-state index in [2.05, 4.69) is 37.1 Å². The summed E-state index contributed by atoms with van der Waals surface area (Å²) < 4.78 is 10.4. The second-order valence-electron chi connectivity index (χ2n) is 6.77. The number of hydrogen-bond acceptors (Lipinski definition) is 4. The summed E-state index contributed by atoms with van der Waals surface area (Å²) in [7, 11) is 1.97. The van der Waals surface area contributed by atoms with E-state index in [4.69, 9.17) is 16.3 Å². The van der Waals surface area contributed by atoms with Gasteiger partial charge in [0.05, 0.1) is 22.7 Å². The third-order valence-electron chi connectivity index (χ3n) is 3.60. The van der Waals surface area contributed by atoms with Gasteiger partial charge < -0.3 is 9.64 Å². The lowest BCUT2D eigenvalue weighted by Crippen LogP contribution is -2.14. The normalized spacial score (nSPS) is 12.0. The fraction of sp³-hybridized carbons (Fsp3) is 0.444. The molecule has 0 saturated carbocycles. The summed E-state index contributed by atoms with van der Waals surface area (Å²) in [6.45, 7) is 11.3. The van der Waals surface area contributed by atoms with Gasteiger partial charge in [-0.05, 0) is 25.5 Å². The van der Waals surface area contributed by atoms with Gasteiger partial charge in [0.25, 0.3) is 0 Å². The van der Waals surface area contributed by atoms with Crippen molar-refractivity contribution >= 4 is 35.2 Å². The number of aliphatic imine (C=N–C) groups is 1. The first-order valence-electron chi connectivity index (χ1n) is 7.90. The lowest BCUT2D eigenvalue weighted by atomic mass is 9.93. The Bertz CT molecular complexity index is 734. The minimum Gasteiger partial charge on any atom is -0.445 e.